The minimum atomic E-state index is -3.63. The van der Waals surface area contributed by atoms with Crippen LogP contribution >= 0.6 is 0 Å². The molecule has 0 spiro atoms. The van der Waals surface area contributed by atoms with Crippen molar-refractivity contribution in [1.82, 2.24) is 14.3 Å². The Hall–Kier alpha value is -1.90. The van der Waals surface area contributed by atoms with Gasteiger partial charge in [-0.1, -0.05) is 0 Å². The highest BCUT2D eigenvalue weighted by Gasteiger charge is 2.31. The lowest BCUT2D eigenvalue weighted by molar-refractivity contribution is 0.132. The number of nitrogens with zero attached hydrogens (tertiary/aromatic N) is 3. The molecule has 1 aromatic heterocycles. The number of ether oxygens (including phenoxy) is 1. The van der Waals surface area contributed by atoms with E-state index in [9.17, 15) is 12.8 Å². The first kappa shape index (κ1) is 20.8. The number of hydrogen-bond acceptors (Lipinski definition) is 5. The van der Waals surface area contributed by atoms with Crippen molar-refractivity contribution in [3.8, 4) is 0 Å². The molecule has 28 heavy (non-hydrogen) atoms. The Morgan fingerprint density at radius 1 is 1.25 bits per heavy atom. The van der Waals surface area contributed by atoms with Crippen LogP contribution < -0.4 is 0 Å². The molecule has 6 nitrogen and oxygen atoms in total. The zero-order chi connectivity index (χ0) is 20.3. The van der Waals surface area contributed by atoms with Gasteiger partial charge in [0.05, 0.1) is 17.2 Å². The molecule has 1 saturated heterocycles. The molecule has 0 saturated carbocycles. The van der Waals surface area contributed by atoms with Gasteiger partial charge < -0.3 is 4.74 Å². The molecule has 1 aromatic carbocycles. The fourth-order valence-corrected chi connectivity index (χ4v) is 5.04. The molecule has 0 radical (unpaired) electrons. The van der Waals surface area contributed by atoms with Crippen molar-refractivity contribution in [2.75, 3.05) is 19.7 Å². The maximum atomic E-state index is 13.5. The SMILES string of the molecule is CCOCc1cnc(C)nc1C1CCN(S(=O)(=O)c2ccc(F)c(C)c2)CC1. The number of hydrogen-bond donors (Lipinski definition) is 0. The van der Waals surface area contributed by atoms with Crippen LogP contribution in [-0.2, 0) is 21.4 Å². The van der Waals surface area contributed by atoms with E-state index in [1.165, 1.54) is 22.5 Å². The number of benzene rings is 1. The molecule has 0 N–H and O–H groups in total. The van der Waals surface area contributed by atoms with E-state index < -0.39 is 15.8 Å². The van der Waals surface area contributed by atoms with Crippen LogP contribution in [0.15, 0.2) is 29.3 Å². The quantitative estimate of drug-likeness (QED) is 0.734. The average molecular weight is 408 g/mol. The van der Waals surface area contributed by atoms with Gasteiger partial charge in [-0.05, 0) is 57.4 Å². The van der Waals surface area contributed by atoms with Crippen LogP contribution in [0.2, 0.25) is 0 Å². The molecule has 2 aromatic rings. The van der Waals surface area contributed by atoms with Crippen molar-refractivity contribution < 1.29 is 17.5 Å². The Morgan fingerprint density at radius 2 is 1.96 bits per heavy atom. The summed E-state index contributed by atoms with van der Waals surface area (Å²) in [6, 6.07) is 3.93. The van der Waals surface area contributed by atoms with Gasteiger partial charge in [-0.15, -0.1) is 0 Å². The second-order valence-corrected chi connectivity index (χ2v) is 8.99. The topological polar surface area (TPSA) is 72.4 Å². The van der Waals surface area contributed by atoms with E-state index in [2.05, 4.69) is 9.97 Å². The summed E-state index contributed by atoms with van der Waals surface area (Å²) in [5.74, 6) is 0.462. The van der Waals surface area contributed by atoms with Crippen LogP contribution in [0.3, 0.4) is 0 Å². The van der Waals surface area contributed by atoms with Gasteiger partial charge in [0.1, 0.15) is 11.6 Å². The monoisotopic (exact) mass is 407 g/mol. The second kappa shape index (κ2) is 8.63. The summed E-state index contributed by atoms with van der Waals surface area (Å²) in [6.07, 6.45) is 3.15. The van der Waals surface area contributed by atoms with Gasteiger partial charge >= 0.3 is 0 Å². The van der Waals surface area contributed by atoms with Crippen molar-refractivity contribution in [2.45, 2.75) is 51.0 Å². The Morgan fingerprint density at radius 3 is 2.61 bits per heavy atom. The molecule has 1 aliphatic rings. The summed E-state index contributed by atoms with van der Waals surface area (Å²) in [6.45, 7) is 7.24. The van der Waals surface area contributed by atoms with Crippen LogP contribution in [0.5, 0.6) is 0 Å². The molecule has 0 atom stereocenters. The Kier molecular flexibility index (Phi) is 6.42. The van der Waals surface area contributed by atoms with Gasteiger partial charge in [0, 0.05) is 37.4 Å². The molecule has 1 fully saturated rings. The van der Waals surface area contributed by atoms with E-state index in [-0.39, 0.29) is 10.8 Å². The van der Waals surface area contributed by atoms with E-state index in [1.807, 2.05) is 13.8 Å². The zero-order valence-corrected chi connectivity index (χ0v) is 17.3. The molecule has 0 unspecified atom stereocenters. The number of halogens is 1. The summed E-state index contributed by atoms with van der Waals surface area (Å²) in [5.41, 5.74) is 2.24. The van der Waals surface area contributed by atoms with E-state index in [1.54, 1.807) is 13.1 Å². The van der Waals surface area contributed by atoms with E-state index in [0.717, 1.165) is 11.3 Å². The summed E-state index contributed by atoms with van der Waals surface area (Å²) in [5, 5.41) is 0. The maximum absolute atomic E-state index is 13.5. The summed E-state index contributed by atoms with van der Waals surface area (Å²) < 4.78 is 46.3. The van der Waals surface area contributed by atoms with Crippen LogP contribution in [0, 0.1) is 19.7 Å². The highest BCUT2D eigenvalue weighted by Crippen LogP contribution is 2.32. The standard InChI is InChI=1S/C20H26FN3O3S/c1-4-27-13-17-12-22-15(3)23-20(17)16-7-9-24(10-8-16)28(25,26)18-5-6-19(21)14(2)11-18/h5-6,11-12,16H,4,7-10,13H2,1-3H3. The fourth-order valence-electron chi connectivity index (χ4n) is 3.49. The Bertz CT molecular complexity index is 942. The summed E-state index contributed by atoms with van der Waals surface area (Å²) in [4.78, 5) is 9.02. The van der Waals surface area contributed by atoms with E-state index >= 15 is 0 Å². The molecule has 2 heterocycles. The van der Waals surface area contributed by atoms with Crippen LogP contribution in [0.4, 0.5) is 4.39 Å². The van der Waals surface area contributed by atoms with Crippen molar-refractivity contribution in [3.63, 3.8) is 0 Å². The molecule has 0 aliphatic carbocycles. The molecule has 8 heteroatoms. The minimum absolute atomic E-state index is 0.139. The summed E-state index contributed by atoms with van der Waals surface area (Å²) in [7, 11) is -3.63. The van der Waals surface area contributed by atoms with Gasteiger partial charge in [0.2, 0.25) is 10.0 Å². The molecular weight excluding hydrogens is 381 g/mol. The van der Waals surface area contributed by atoms with Gasteiger partial charge in [-0.2, -0.15) is 4.31 Å². The van der Waals surface area contributed by atoms with Gasteiger partial charge in [-0.3, -0.25) is 0 Å². The molecule has 1 aliphatic heterocycles. The third-order valence-electron chi connectivity index (χ3n) is 5.09. The number of aromatic nitrogens is 2. The highest BCUT2D eigenvalue weighted by atomic mass is 32.2. The fraction of sp³-hybridized carbons (Fsp3) is 0.500. The first-order chi connectivity index (χ1) is 13.3. The predicted octanol–water partition coefficient (Wildman–Crippen LogP) is 3.34. The van der Waals surface area contributed by atoms with Crippen LogP contribution in [-0.4, -0.2) is 42.4 Å². The zero-order valence-electron chi connectivity index (χ0n) is 16.5. The van der Waals surface area contributed by atoms with Gasteiger partial charge in [0.25, 0.3) is 0 Å². The number of rotatable bonds is 6. The molecule has 3 rings (SSSR count). The first-order valence-electron chi connectivity index (χ1n) is 9.49. The Balaban J connectivity index is 1.75. The summed E-state index contributed by atoms with van der Waals surface area (Å²) >= 11 is 0. The number of aryl methyl sites for hydroxylation is 2. The highest BCUT2D eigenvalue weighted by molar-refractivity contribution is 7.89. The smallest absolute Gasteiger partial charge is 0.243 e. The number of piperidine rings is 1. The van der Waals surface area contributed by atoms with E-state index in [0.29, 0.717) is 50.5 Å². The lowest BCUT2D eigenvalue weighted by Crippen LogP contribution is -2.38. The third kappa shape index (κ3) is 4.39. The first-order valence-corrected chi connectivity index (χ1v) is 10.9. The Labute approximate surface area is 165 Å². The van der Waals surface area contributed by atoms with Crippen LogP contribution in [0.25, 0.3) is 0 Å². The lowest BCUT2D eigenvalue weighted by atomic mass is 9.92. The molecular formula is C20H26FN3O3S. The molecule has 152 valence electrons. The van der Waals surface area contributed by atoms with Gasteiger partial charge in [0.15, 0.2) is 0 Å². The van der Waals surface area contributed by atoms with Crippen LogP contribution in [0.1, 0.15) is 48.3 Å². The average Bonchev–Trinajstić information content (AvgIpc) is 2.69. The van der Waals surface area contributed by atoms with E-state index in [4.69, 9.17) is 4.74 Å². The number of sulfonamides is 1. The third-order valence-corrected chi connectivity index (χ3v) is 6.98. The molecule has 0 bridgehead atoms. The second-order valence-electron chi connectivity index (χ2n) is 7.05. The van der Waals surface area contributed by atoms with Crippen molar-refractivity contribution in [1.29, 1.82) is 0 Å². The van der Waals surface area contributed by atoms with Gasteiger partial charge in [-0.25, -0.2) is 22.8 Å². The van der Waals surface area contributed by atoms with Crippen molar-refractivity contribution in [3.05, 3.63) is 52.9 Å². The lowest BCUT2D eigenvalue weighted by Gasteiger charge is -2.31. The maximum Gasteiger partial charge on any atom is 0.243 e. The van der Waals surface area contributed by atoms with Crippen molar-refractivity contribution in [2.24, 2.45) is 0 Å². The largest absolute Gasteiger partial charge is 0.377 e. The van der Waals surface area contributed by atoms with Crippen molar-refractivity contribution >= 4 is 10.0 Å². The predicted molar refractivity (Wildman–Crippen MR) is 104 cm³/mol. The molecule has 0 amide bonds. The minimum Gasteiger partial charge on any atom is -0.377 e. The normalized spacial score (nSPS) is 16.4.